The number of benzene rings is 1. The van der Waals surface area contributed by atoms with Crippen molar-refractivity contribution in [2.75, 3.05) is 6.61 Å². The van der Waals surface area contributed by atoms with E-state index in [1.165, 1.54) is 11.1 Å². The minimum absolute atomic E-state index is 0.102. The highest BCUT2D eigenvalue weighted by molar-refractivity contribution is 5.31. The average molecular weight is 191 g/mol. The Morgan fingerprint density at radius 1 is 1.50 bits per heavy atom. The summed E-state index contributed by atoms with van der Waals surface area (Å²) in [4.78, 5) is 0. The van der Waals surface area contributed by atoms with Crippen molar-refractivity contribution in [3.63, 3.8) is 0 Å². The van der Waals surface area contributed by atoms with Crippen molar-refractivity contribution in [3.8, 4) is 0 Å². The largest absolute Gasteiger partial charge is 0.372 e. The highest BCUT2D eigenvalue weighted by Gasteiger charge is 2.24. The summed E-state index contributed by atoms with van der Waals surface area (Å²) in [5.41, 5.74) is 8.72. The first-order chi connectivity index (χ1) is 6.83. The van der Waals surface area contributed by atoms with Crippen LogP contribution in [0.2, 0.25) is 0 Å². The highest BCUT2D eigenvalue weighted by atomic mass is 16.5. The van der Waals surface area contributed by atoms with Gasteiger partial charge in [0.1, 0.15) is 0 Å². The van der Waals surface area contributed by atoms with Gasteiger partial charge in [-0.05, 0) is 24.0 Å². The Kier molecular flexibility index (Phi) is 2.85. The van der Waals surface area contributed by atoms with Crippen molar-refractivity contribution in [1.82, 2.24) is 0 Å². The van der Waals surface area contributed by atoms with Crippen LogP contribution in [-0.4, -0.2) is 12.6 Å². The first kappa shape index (κ1) is 9.69. The second-order valence-corrected chi connectivity index (χ2v) is 3.81. The summed E-state index contributed by atoms with van der Waals surface area (Å²) < 4.78 is 5.73. The molecule has 2 nitrogen and oxygen atoms in total. The summed E-state index contributed by atoms with van der Waals surface area (Å²) in [5, 5.41) is 0. The fourth-order valence-corrected chi connectivity index (χ4v) is 1.99. The molecule has 0 radical (unpaired) electrons. The van der Waals surface area contributed by atoms with Gasteiger partial charge in [-0.3, -0.25) is 0 Å². The third-order valence-electron chi connectivity index (χ3n) is 2.89. The van der Waals surface area contributed by atoms with Crippen molar-refractivity contribution >= 4 is 0 Å². The predicted octanol–water partition coefficient (Wildman–Crippen LogP) is 2.04. The van der Waals surface area contributed by atoms with E-state index < -0.39 is 0 Å². The fourth-order valence-electron chi connectivity index (χ4n) is 1.99. The molecule has 1 aliphatic heterocycles. The first-order valence-corrected chi connectivity index (χ1v) is 5.28. The molecule has 0 saturated carbocycles. The van der Waals surface area contributed by atoms with Gasteiger partial charge in [0.15, 0.2) is 0 Å². The molecule has 2 rings (SSSR count). The zero-order chi connectivity index (χ0) is 9.97. The number of hydrogen-bond donors (Lipinski definition) is 1. The Bertz CT molecular complexity index is 311. The summed E-state index contributed by atoms with van der Waals surface area (Å²) in [7, 11) is 0. The third kappa shape index (κ3) is 1.68. The lowest BCUT2D eigenvalue weighted by atomic mass is 9.93. The molecule has 0 fully saturated rings. The van der Waals surface area contributed by atoms with Gasteiger partial charge in [-0.1, -0.05) is 31.2 Å². The quantitative estimate of drug-likeness (QED) is 0.776. The predicted molar refractivity (Wildman–Crippen MR) is 57.1 cm³/mol. The van der Waals surface area contributed by atoms with Crippen LogP contribution < -0.4 is 5.73 Å². The van der Waals surface area contributed by atoms with Crippen molar-refractivity contribution in [2.45, 2.75) is 31.9 Å². The summed E-state index contributed by atoms with van der Waals surface area (Å²) in [6.45, 7) is 2.90. The van der Waals surface area contributed by atoms with E-state index in [2.05, 4.69) is 31.2 Å². The number of ether oxygens (including phenoxy) is 1. The number of hydrogen-bond acceptors (Lipinski definition) is 2. The van der Waals surface area contributed by atoms with Gasteiger partial charge < -0.3 is 10.5 Å². The van der Waals surface area contributed by atoms with Gasteiger partial charge in [-0.25, -0.2) is 0 Å². The minimum Gasteiger partial charge on any atom is -0.372 e. The van der Waals surface area contributed by atoms with E-state index in [9.17, 15) is 0 Å². The van der Waals surface area contributed by atoms with Gasteiger partial charge in [0.2, 0.25) is 0 Å². The van der Waals surface area contributed by atoms with E-state index in [0.29, 0.717) is 0 Å². The molecule has 0 bridgehead atoms. The summed E-state index contributed by atoms with van der Waals surface area (Å²) in [6.07, 6.45) is 2.08. The summed E-state index contributed by atoms with van der Waals surface area (Å²) in [6, 6.07) is 8.57. The molecule has 1 heterocycles. The fraction of sp³-hybridized carbons (Fsp3) is 0.500. The zero-order valence-electron chi connectivity index (χ0n) is 8.57. The summed E-state index contributed by atoms with van der Waals surface area (Å²) >= 11 is 0. The second kappa shape index (κ2) is 4.11. The molecule has 0 aliphatic carbocycles. The standard InChI is InChI=1S/C12H17NO/c1-2-11(13)12-10-6-4-3-5-9(10)7-8-14-12/h3-6,11-12H,2,7-8,13H2,1H3/t11-,12+/m0/s1. The Labute approximate surface area is 85.1 Å². The van der Waals surface area contributed by atoms with Crippen molar-refractivity contribution in [2.24, 2.45) is 5.73 Å². The molecule has 0 spiro atoms. The molecule has 0 aromatic heterocycles. The van der Waals surface area contributed by atoms with Gasteiger partial charge in [0.25, 0.3) is 0 Å². The topological polar surface area (TPSA) is 35.2 Å². The summed E-state index contributed by atoms with van der Waals surface area (Å²) in [5.74, 6) is 0. The van der Waals surface area contributed by atoms with E-state index in [0.717, 1.165) is 19.4 Å². The molecule has 76 valence electrons. The van der Waals surface area contributed by atoms with Crippen molar-refractivity contribution in [3.05, 3.63) is 35.4 Å². The molecule has 0 saturated heterocycles. The van der Waals surface area contributed by atoms with Gasteiger partial charge in [0, 0.05) is 6.04 Å². The molecule has 0 unspecified atom stereocenters. The lowest BCUT2D eigenvalue weighted by Crippen LogP contribution is -2.33. The Balaban J connectivity index is 2.30. The molecular weight excluding hydrogens is 174 g/mol. The van der Waals surface area contributed by atoms with Crippen LogP contribution in [0.15, 0.2) is 24.3 Å². The molecule has 2 N–H and O–H groups in total. The van der Waals surface area contributed by atoms with Gasteiger partial charge >= 0.3 is 0 Å². The Hall–Kier alpha value is -0.860. The highest BCUT2D eigenvalue weighted by Crippen LogP contribution is 2.29. The Morgan fingerprint density at radius 3 is 3.07 bits per heavy atom. The second-order valence-electron chi connectivity index (χ2n) is 3.81. The monoisotopic (exact) mass is 191 g/mol. The van der Waals surface area contributed by atoms with E-state index in [-0.39, 0.29) is 12.1 Å². The molecular formula is C12H17NO. The van der Waals surface area contributed by atoms with E-state index in [1.807, 2.05) is 0 Å². The molecule has 14 heavy (non-hydrogen) atoms. The number of fused-ring (bicyclic) bond motifs is 1. The zero-order valence-corrected chi connectivity index (χ0v) is 8.57. The number of nitrogens with two attached hydrogens (primary N) is 1. The van der Waals surface area contributed by atoms with Crippen LogP contribution in [0.3, 0.4) is 0 Å². The van der Waals surface area contributed by atoms with Crippen molar-refractivity contribution < 1.29 is 4.74 Å². The average Bonchev–Trinajstić information content (AvgIpc) is 2.27. The van der Waals surface area contributed by atoms with E-state index in [4.69, 9.17) is 10.5 Å². The number of rotatable bonds is 2. The maximum Gasteiger partial charge on any atom is 0.0978 e. The van der Waals surface area contributed by atoms with Gasteiger partial charge in [-0.2, -0.15) is 0 Å². The molecule has 1 aromatic rings. The van der Waals surface area contributed by atoms with Crippen LogP contribution in [0, 0.1) is 0 Å². The molecule has 1 aromatic carbocycles. The third-order valence-corrected chi connectivity index (χ3v) is 2.89. The van der Waals surface area contributed by atoms with Crippen molar-refractivity contribution in [1.29, 1.82) is 0 Å². The van der Waals surface area contributed by atoms with E-state index in [1.54, 1.807) is 0 Å². The first-order valence-electron chi connectivity index (χ1n) is 5.28. The molecule has 2 heteroatoms. The molecule has 1 aliphatic rings. The maximum atomic E-state index is 6.04. The van der Waals surface area contributed by atoms with Crippen LogP contribution in [0.5, 0.6) is 0 Å². The van der Waals surface area contributed by atoms with Gasteiger partial charge in [-0.15, -0.1) is 0 Å². The van der Waals surface area contributed by atoms with Crippen LogP contribution >= 0.6 is 0 Å². The van der Waals surface area contributed by atoms with Crippen LogP contribution in [-0.2, 0) is 11.2 Å². The minimum atomic E-state index is 0.102. The van der Waals surface area contributed by atoms with Crippen LogP contribution in [0.25, 0.3) is 0 Å². The van der Waals surface area contributed by atoms with E-state index >= 15 is 0 Å². The molecule has 2 atom stereocenters. The maximum absolute atomic E-state index is 6.04. The lowest BCUT2D eigenvalue weighted by Gasteiger charge is -2.29. The normalized spacial score (nSPS) is 22.9. The SMILES string of the molecule is CC[C@H](N)[C@@H]1OCCc2ccccc21. The van der Waals surface area contributed by atoms with Crippen LogP contribution in [0.1, 0.15) is 30.6 Å². The van der Waals surface area contributed by atoms with Crippen LogP contribution in [0.4, 0.5) is 0 Å². The lowest BCUT2D eigenvalue weighted by molar-refractivity contribution is 0.0238. The molecule has 0 amide bonds. The van der Waals surface area contributed by atoms with Gasteiger partial charge in [0.05, 0.1) is 12.7 Å². The Morgan fingerprint density at radius 2 is 2.29 bits per heavy atom. The smallest absolute Gasteiger partial charge is 0.0978 e.